The number of nitrogens with zero attached hydrogens (tertiary/aromatic N) is 2. The number of hydrogen-bond donors (Lipinski definition) is 0. The molecule has 0 N–H and O–H groups in total. The average molecular weight is 637 g/mol. The lowest BCUT2D eigenvalue weighted by Gasteiger charge is -2.14. The molecule has 234 valence electrons. The van der Waals surface area contributed by atoms with Crippen molar-refractivity contribution in [3.63, 3.8) is 0 Å². The molecule has 0 radical (unpaired) electrons. The summed E-state index contributed by atoms with van der Waals surface area (Å²) in [6.07, 6.45) is 0. The molecule has 10 rings (SSSR count). The SMILES string of the molecule is c1ccc(-c2ccc3c(c2)c2c(c(-c4ccccc4)cc4c5cc(-c6ccccc6)ccc5n(-c5ccccc5)c42)n3-c2ccccc2)cc1. The van der Waals surface area contributed by atoms with Crippen LogP contribution in [0.1, 0.15) is 0 Å². The first-order valence-corrected chi connectivity index (χ1v) is 17.2. The van der Waals surface area contributed by atoms with Crippen LogP contribution in [0.15, 0.2) is 194 Å². The molecule has 0 saturated carbocycles. The first-order chi connectivity index (χ1) is 24.8. The first-order valence-electron chi connectivity index (χ1n) is 17.2. The van der Waals surface area contributed by atoms with Crippen LogP contribution in [-0.4, -0.2) is 9.13 Å². The van der Waals surface area contributed by atoms with Crippen LogP contribution in [0, 0.1) is 0 Å². The Balaban J connectivity index is 1.46. The lowest BCUT2D eigenvalue weighted by Crippen LogP contribution is -1.97. The largest absolute Gasteiger partial charge is 0.309 e. The summed E-state index contributed by atoms with van der Waals surface area (Å²) in [6, 6.07) is 70.4. The zero-order valence-electron chi connectivity index (χ0n) is 27.4. The summed E-state index contributed by atoms with van der Waals surface area (Å²) in [5, 5.41) is 4.96. The van der Waals surface area contributed by atoms with E-state index in [0.717, 1.165) is 11.4 Å². The predicted octanol–water partition coefficient (Wildman–Crippen LogP) is 12.9. The molecule has 8 aromatic carbocycles. The van der Waals surface area contributed by atoms with Crippen molar-refractivity contribution in [3.8, 4) is 44.8 Å². The summed E-state index contributed by atoms with van der Waals surface area (Å²) in [5.74, 6) is 0. The van der Waals surface area contributed by atoms with Gasteiger partial charge in [0.05, 0.1) is 22.1 Å². The number of rotatable bonds is 5. The van der Waals surface area contributed by atoms with Crippen LogP contribution < -0.4 is 0 Å². The third-order valence-corrected chi connectivity index (χ3v) is 10.1. The highest BCUT2D eigenvalue weighted by atomic mass is 15.0. The molecule has 0 atom stereocenters. The van der Waals surface area contributed by atoms with Crippen molar-refractivity contribution in [2.75, 3.05) is 0 Å². The van der Waals surface area contributed by atoms with Crippen LogP contribution in [-0.2, 0) is 0 Å². The third-order valence-electron chi connectivity index (χ3n) is 10.1. The maximum absolute atomic E-state index is 2.49. The molecule has 10 aromatic rings. The van der Waals surface area contributed by atoms with Gasteiger partial charge >= 0.3 is 0 Å². The Morgan fingerprint density at radius 2 is 0.700 bits per heavy atom. The van der Waals surface area contributed by atoms with E-state index in [1.165, 1.54) is 77.0 Å². The molecule has 0 bridgehead atoms. The van der Waals surface area contributed by atoms with Crippen molar-refractivity contribution in [1.82, 2.24) is 9.13 Å². The monoisotopic (exact) mass is 636 g/mol. The number of fused-ring (bicyclic) bond motifs is 7. The highest BCUT2D eigenvalue weighted by molar-refractivity contribution is 6.29. The van der Waals surface area contributed by atoms with Crippen LogP contribution in [0.4, 0.5) is 0 Å². The Labute approximate surface area is 290 Å². The van der Waals surface area contributed by atoms with E-state index < -0.39 is 0 Å². The first kappa shape index (κ1) is 28.4. The van der Waals surface area contributed by atoms with Gasteiger partial charge in [0.1, 0.15) is 0 Å². The smallest absolute Gasteiger partial charge is 0.0641 e. The van der Waals surface area contributed by atoms with Gasteiger partial charge in [-0.3, -0.25) is 0 Å². The van der Waals surface area contributed by atoms with E-state index in [-0.39, 0.29) is 0 Å². The van der Waals surface area contributed by atoms with E-state index >= 15 is 0 Å². The molecule has 0 aliphatic rings. The molecule has 0 spiro atoms. The molecular weight excluding hydrogens is 605 g/mol. The molecule has 0 unspecified atom stereocenters. The van der Waals surface area contributed by atoms with Crippen molar-refractivity contribution in [3.05, 3.63) is 194 Å². The average Bonchev–Trinajstić information content (AvgIpc) is 3.71. The summed E-state index contributed by atoms with van der Waals surface area (Å²) in [7, 11) is 0. The Bertz CT molecular complexity index is 2810. The van der Waals surface area contributed by atoms with Crippen LogP contribution in [0.3, 0.4) is 0 Å². The zero-order chi connectivity index (χ0) is 33.0. The number of hydrogen-bond acceptors (Lipinski definition) is 0. The van der Waals surface area contributed by atoms with E-state index in [4.69, 9.17) is 0 Å². The van der Waals surface area contributed by atoms with Gasteiger partial charge in [0, 0.05) is 38.5 Å². The Hall–Kier alpha value is -6.64. The van der Waals surface area contributed by atoms with E-state index in [2.05, 4.69) is 203 Å². The van der Waals surface area contributed by atoms with Gasteiger partial charge in [-0.2, -0.15) is 0 Å². The van der Waals surface area contributed by atoms with Gasteiger partial charge in [-0.05, 0) is 82.4 Å². The van der Waals surface area contributed by atoms with Crippen molar-refractivity contribution < 1.29 is 0 Å². The third kappa shape index (κ3) is 4.43. The van der Waals surface area contributed by atoms with E-state index in [9.17, 15) is 0 Å². The van der Waals surface area contributed by atoms with Crippen molar-refractivity contribution in [2.45, 2.75) is 0 Å². The number of benzene rings is 8. The Kier molecular flexibility index (Phi) is 6.53. The molecule has 0 fully saturated rings. The molecular formula is C48H32N2. The summed E-state index contributed by atoms with van der Waals surface area (Å²) in [4.78, 5) is 0. The zero-order valence-corrected chi connectivity index (χ0v) is 27.4. The minimum absolute atomic E-state index is 1.14. The summed E-state index contributed by atoms with van der Waals surface area (Å²) < 4.78 is 4.96. The van der Waals surface area contributed by atoms with Gasteiger partial charge in [-0.15, -0.1) is 0 Å². The Morgan fingerprint density at radius 1 is 0.280 bits per heavy atom. The van der Waals surface area contributed by atoms with Crippen LogP contribution in [0.5, 0.6) is 0 Å². The fraction of sp³-hybridized carbons (Fsp3) is 0. The molecule has 50 heavy (non-hydrogen) atoms. The maximum Gasteiger partial charge on any atom is 0.0641 e. The molecule has 0 saturated heterocycles. The summed E-state index contributed by atoms with van der Waals surface area (Å²) >= 11 is 0. The van der Waals surface area contributed by atoms with Gasteiger partial charge in [-0.1, -0.05) is 140 Å². The second-order valence-electron chi connectivity index (χ2n) is 12.9. The Morgan fingerprint density at radius 3 is 1.22 bits per heavy atom. The topological polar surface area (TPSA) is 9.86 Å². The second-order valence-corrected chi connectivity index (χ2v) is 12.9. The molecule has 0 amide bonds. The predicted molar refractivity (Wildman–Crippen MR) is 211 cm³/mol. The van der Waals surface area contributed by atoms with Gasteiger partial charge in [0.25, 0.3) is 0 Å². The highest BCUT2D eigenvalue weighted by Gasteiger charge is 2.25. The fourth-order valence-electron chi connectivity index (χ4n) is 7.86. The van der Waals surface area contributed by atoms with E-state index in [0.29, 0.717) is 0 Å². The minimum Gasteiger partial charge on any atom is -0.309 e. The van der Waals surface area contributed by atoms with E-state index in [1.54, 1.807) is 0 Å². The van der Waals surface area contributed by atoms with Crippen molar-refractivity contribution in [1.29, 1.82) is 0 Å². The van der Waals surface area contributed by atoms with Crippen LogP contribution in [0.25, 0.3) is 88.4 Å². The minimum atomic E-state index is 1.14. The van der Waals surface area contributed by atoms with Crippen LogP contribution >= 0.6 is 0 Å². The maximum atomic E-state index is 2.49. The quantitative estimate of drug-likeness (QED) is 0.178. The van der Waals surface area contributed by atoms with E-state index in [1.807, 2.05) is 0 Å². The van der Waals surface area contributed by atoms with Gasteiger partial charge in [0.15, 0.2) is 0 Å². The van der Waals surface area contributed by atoms with Gasteiger partial charge in [0.2, 0.25) is 0 Å². The molecule has 2 aromatic heterocycles. The fourth-order valence-corrected chi connectivity index (χ4v) is 7.86. The molecule has 0 aliphatic carbocycles. The molecule has 2 heteroatoms. The summed E-state index contributed by atoms with van der Waals surface area (Å²) in [5.41, 5.74) is 14.3. The number of aromatic nitrogens is 2. The molecule has 0 aliphatic heterocycles. The normalized spacial score (nSPS) is 11.6. The second kappa shape index (κ2) is 11.5. The standard InChI is InChI=1S/C48H32N2/c1-6-16-33(17-7-1)36-26-28-44-41(30-36)42-32-40(35-20-10-3-11-21-35)47-46(48(42)49(44)38-22-12-4-13-23-38)43-31-37(34-18-8-2-9-19-34)27-29-45(43)50(47)39-24-14-5-15-25-39/h1-32H. The lowest BCUT2D eigenvalue weighted by atomic mass is 9.96. The molecule has 2 nitrogen and oxygen atoms in total. The van der Waals surface area contributed by atoms with Crippen molar-refractivity contribution in [2.24, 2.45) is 0 Å². The van der Waals surface area contributed by atoms with Gasteiger partial charge < -0.3 is 9.13 Å². The number of para-hydroxylation sites is 2. The molecule has 2 heterocycles. The lowest BCUT2D eigenvalue weighted by molar-refractivity contribution is 1.17. The van der Waals surface area contributed by atoms with Crippen molar-refractivity contribution >= 4 is 43.6 Å². The summed E-state index contributed by atoms with van der Waals surface area (Å²) in [6.45, 7) is 0. The van der Waals surface area contributed by atoms with Gasteiger partial charge in [-0.25, -0.2) is 0 Å². The van der Waals surface area contributed by atoms with Crippen LogP contribution in [0.2, 0.25) is 0 Å². The highest BCUT2D eigenvalue weighted by Crippen LogP contribution is 2.47.